The van der Waals surface area contributed by atoms with Crippen LogP contribution in [0.5, 0.6) is 0 Å². The smallest absolute Gasteiger partial charge is 0.191 e. The van der Waals surface area contributed by atoms with E-state index in [0.717, 1.165) is 16.6 Å². The third-order valence-electron chi connectivity index (χ3n) is 3.57. The zero-order valence-corrected chi connectivity index (χ0v) is 13.2. The first-order chi connectivity index (χ1) is 11.2. The van der Waals surface area contributed by atoms with Gasteiger partial charge in [0.15, 0.2) is 10.8 Å². The fourth-order valence-electron chi connectivity index (χ4n) is 2.48. The van der Waals surface area contributed by atoms with Crippen molar-refractivity contribution in [2.75, 3.05) is 0 Å². The second-order valence-corrected chi connectivity index (χ2v) is 6.13. The molecule has 0 bridgehead atoms. The van der Waals surface area contributed by atoms with E-state index in [2.05, 4.69) is 15.1 Å². The average Bonchev–Trinajstić information content (AvgIpc) is 2.96. The predicted molar refractivity (Wildman–Crippen MR) is 89.0 cm³/mol. The Balaban J connectivity index is 1.80. The van der Waals surface area contributed by atoms with Crippen LogP contribution >= 0.6 is 11.8 Å². The van der Waals surface area contributed by atoms with Gasteiger partial charge in [-0.1, -0.05) is 42.1 Å². The third-order valence-corrected chi connectivity index (χ3v) is 4.55. The lowest BCUT2D eigenvalue weighted by Gasteiger charge is -2.06. The molecule has 6 heteroatoms. The van der Waals surface area contributed by atoms with Crippen LogP contribution in [0.25, 0.3) is 16.6 Å². The summed E-state index contributed by atoms with van der Waals surface area (Å²) < 4.78 is 15.5. The molecule has 114 valence electrons. The molecule has 0 unspecified atom stereocenters. The first-order valence-corrected chi connectivity index (χ1v) is 8.19. The number of hydrogen-bond acceptors (Lipinski definition) is 4. The highest BCUT2D eigenvalue weighted by molar-refractivity contribution is 7.98. The Labute approximate surface area is 136 Å². The van der Waals surface area contributed by atoms with Gasteiger partial charge in [0, 0.05) is 11.1 Å². The summed E-state index contributed by atoms with van der Waals surface area (Å²) in [5, 5.41) is 6.10. The molecule has 2 heterocycles. The van der Waals surface area contributed by atoms with Gasteiger partial charge in [-0.2, -0.15) is 4.52 Å². The van der Waals surface area contributed by atoms with E-state index in [1.807, 2.05) is 37.3 Å². The fraction of sp³-hybridized carbons (Fsp3) is 0.118. The van der Waals surface area contributed by atoms with E-state index < -0.39 is 0 Å². The van der Waals surface area contributed by atoms with Gasteiger partial charge in [0.2, 0.25) is 0 Å². The monoisotopic (exact) mass is 324 g/mol. The number of benzene rings is 2. The Hall–Kier alpha value is -2.47. The first kappa shape index (κ1) is 14.1. The number of nitrogens with zero attached hydrogens (tertiary/aromatic N) is 4. The summed E-state index contributed by atoms with van der Waals surface area (Å²) in [6, 6.07) is 14.6. The van der Waals surface area contributed by atoms with Gasteiger partial charge < -0.3 is 0 Å². The van der Waals surface area contributed by atoms with Crippen molar-refractivity contribution in [3.05, 3.63) is 65.7 Å². The minimum absolute atomic E-state index is 0.202. The molecule has 2 aromatic carbocycles. The van der Waals surface area contributed by atoms with Gasteiger partial charge in [0.05, 0.1) is 5.52 Å². The number of aryl methyl sites for hydroxylation is 1. The van der Waals surface area contributed by atoms with Crippen LogP contribution in [0.1, 0.15) is 11.4 Å². The molecule has 23 heavy (non-hydrogen) atoms. The molecule has 4 aromatic rings. The molecule has 0 amide bonds. The topological polar surface area (TPSA) is 43.1 Å². The van der Waals surface area contributed by atoms with Crippen molar-refractivity contribution in [3.63, 3.8) is 0 Å². The van der Waals surface area contributed by atoms with Crippen molar-refractivity contribution in [1.82, 2.24) is 19.6 Å². The van der Waals surface area contributed by atoms with Crippen molar-refractivity contribution < 1.29 is 4.39 Å². The van der Waals surface area contributed by atoms with E-state index in [-0.39, 0.29) is 5.82 Å². The molecule has 0 saturated carbocycles. The Morgan fingerprint density at radius 3 is 2.70 bits per heavy atom. The molecule has 0 N–H and O–H groups in total. The minimum atomic E-state index is -0.202. The van der Waals surface area contributed by atoms with E-state index in [9.17, 15) is 4.39 Å². The maximum atomic E-state index is 13.8. The normalized spacial score (nSPS) is 11.4. The van der Waals surface area contributed by atoms with E-state index >= 15 is 0 Å². The lowest BCUT2D eigenvalue weighted by Crippen LogP contribution is -1.99. The summed E-state index contributed by atoms with van der Waals surface area (Å²) in [5.41, 5.74) is 2.30. The molecular weight excluding hydrogens is 311 g/mol. The molecule has 4 nitrogen and oxygen atoms in total. The van der Waals surface area contributed by atoms with Crippen LogP contribution in [-0.4, -0.2) is 19.6 Å². The van der Waals surface area contributed by atoms with Gasteiger partial charge in [-0.3, -0.25) is 0 Å². The summed E-state index contributed by atoms with van der Waals surface area (Å²) in [6.07, 6.45) is 0. The van der Waals surface area contributed by atoms with Crippen LogP contribution in [0.15, 0.2) is 53.7 Å². The summed E-state index contributed by atoms with van der Waals surface area (Å²) in [5.74, 6) is 0.981. The highest BCUT2D eigenvalue weighted by Gasteiger charge is 2.13. The lowest BCUT2D eigenvalue weighted by molar-refractivity contribution is 0.617. The van der Waals surface area contributed by atoms with Crippen LogP contribution in [0, 0.1) is 12.7 Å². The Bertz CT molecular complexity index is 1010. The highest BCUT2D eigenvalue weighted by Crippen LogP contribution is 2.26. The van der Waals surface area contributed by atoms with Crippen LogP contribution in [0.3, 0.4) is 0 Å². The lowest BCUT2D eigenvalue weighted by atomic mass is 10.2. The molecule has 0 atom stereocenters. The largest absolute Gasteiger partial charge is 0.222 e. The van der Waals surface area contributed by atoms with Gasteiger partial charge in [0.25, 0.3) is 0 Å². The number of thioether (sulfide) groups is 1. The van der Waals surface area contributed by atoms with Gasteiger partial charge >= 0.3 is 0 Å². The summed E-state index contributed by atoms with van der Waals surface area (Å²) in [6.45, 7) is 1.85. The van der Waals surface area contributed by atoms with E-state index in [0.29, 0.717) is 22.3 Å². The standard InChI is InChI=1S/C17H13FN4S/c1-11-19-16-13-7-3-5-9-15(13)20-17(22(16)21-11)23-10-12-6-2-4-8-14(12)18/h2-9H,10H2,1H3. The van der Waals surface area contributed by atoms with E-state index in [1.165, 1.54) is 17.8 Å². The van der Waals surface area contributed by atoms with E-state index in [1.54, 1.807) is 16.6 Å². The molecule has 0 saturated heterocycles. The minimum Gasteiger partial charge on any atom is -0.222 e. The number of halogens is 1. The summed E-state index contributed by atoms with van der Waals surface area (Å²) in [4.78, 5) is 9.16. The van der Waals surface area contributed by atoms with Crippen LogP contribution < -0.4 is 0 Å². The first-order valence-electron chi connectivity index (χ1n) is 7.21. The maximum Gasteiger partial charge on any atom is 0.191 e. The summed E-state index contributed by atoms with van der Waals surface area (Å²) >= 11 is 1.45. The number of fused-ring (bicyclic) bond motifs is 3. The Morgan fingerprint density at radius 1 is 1.04 bits per heavy atom. The molecule has 0 aliphatic heterocycles. The molecular formula is C17H13FN4S. The predicted octanol–water partition coefficient (Wildman–Crippen LogP) is 4.02. The SMILES string of the molecule is Cc1nc2c3ccccc3nc(SCc3ccccc3F)n2n1. The number of para-hydroxylation sites is 1. The van der Waals surface area contributed by atoms with Crippen molar-refractivity contribution in [3.8, 4) is 0 Å². The van der Waals surface area contributed by atoms with Crippen molar-refractivity contribution in [2.45, 2.75) is 17.8 Å². The molecule has 4 rings (SSSR count). The van der Waals surface area contributed by atoms with Gasteiger partial charge in [0.1, 0.15) is 11.6 Å². The van der Waals surface area contributed by atoms with Crippen molar-refractivity contribution in [2.24, 2.45) is 0 Å². The molecule has 2 aromatic heterocycles. The van der Waals surface area contributed by atoms with Gasteiger partial charge in [-0.25, -0.2) is 14.4 Å². The molecule has 0 aliphatic carbocycles. The fourth-order valence-corrected chi connectivity index (χ4v) is 3.42. The number of hydrogen-bond donors (Lipinski definition) is 0. The second kappa shape index (κ2) is 5.62. The zero-order valence-electron chi connectivity index (χ0n) is 12.4. The zero-order chi connectivity index (χ0) is 15.8. The average molecular weight is 324 g/mol. The highest BCUT2D eigenvalue weighted by atomic mass is 32.2. The Kier molecular flexibility index (Phi) is 3.46. The van der Waals surface area contributed by atoms with Crippen LogP contribution in [0.4, 0.5) is 4.39 Å². The second-order valence-electron chi connectivity index (χ2n) is 5.19. The maximum absolute atomic E-state index is 13.8. The third kappa shape index (κ3) is 2.55. The number of aromatic nitrogens is 4. The van der Waals surface area contributed by atoms with Crippen LogP contribution in [-0.2, 0) is 5.75 Å². The molecule has 0 aliphatic rings. The van der Waals surface area contributed by atoms with Crippen molar-refractivity contribution >= 4 is 28.3 Å². The van der Waals surface area contributed by atoms with Gasteiger partial charge in [-0.05, 0) is 30.7 Å². The quantitative estimate of drug-likeness (QED) is 0.422. The summed E-state index contributed by atoms with van der Waals surface area (Å²) in [7, 11) is 0. The van der Waals surface area contributed by atoms with Crippen molar-refractivity contribution in [1.29, 1.82) is 0 Å². The number of rotatable bonds is 3. The van der Waals surface area contributed by atoms with Crippen LogP contribution in [0.2, 0.25) is 0 Å². The molecule has 0 radical (unpaired) electrons. The van der Waals surface area contributed by atoms with Gasteiger partial charge in [-0.15, -0.1) is 5.10 Å². The Morgan fingerprint density at radius 2 is 1.83 bits per heavy atom. The van der Waals surface area contributed by atoms with E-state index in [4.69, 9.17) is 0 Å². The molecule has 0 spiro atoms. The molecule has 0 fully saturated rings.